The fourth-order valence-electron chi connectivity index (χ4n) is 4.30. The Kier molecular flexibility index (Phi) is 6.98. The molecule has 1 fully saturated rings. The Labute approximate surface area is 203 Å². The Morgan fingerprint density at radius 3 is 2.09 bits per heavy atom. The molecule has 1 aliphatic heterocycles. The summed E-state index contributed by atoms with van der Waals surface area (Å²) in [6, 6.07) is 25.4. The van der Waals surface area contributed by atoms with Gasteiger partial charge in [0, 0.05) is 17.9 Å². The third-order valence-electron chi connectivity index (χ3n) is 5.97. The zero-order chi connectivity index (χ0) is 24.1. The first kappa shape index (κ1) is 23.5. The highest BCUT2D eigenvalue weighted by atomic mass is 35.5. The summed E-state index contributed by atoms with van der Waals surface area (Å²) in [5.74, 6) is -0.832. The Morgan fingerprint density at radius 1 is 0.941 bits per heavy atom. The lowest BCUT2D eigenvalue weighted by Crippen LogP contribution is -2.51. The van der Waals surface area contributed by atoms with Crippen molar-refractivity contribution in [1.29, 1.82) is 0 Å². The first-order valence-electron chi connectivity index (χ1n) is 11.1. The molecular formula is C27H26ClN3O3. The SMILES string of the molecule is C[C@@H](NC(=O)CN1C(=O)NC(Cc2ccccc2)(Cc2ccccc2)C1=O)c1cccc(Cl)c1. The quantitative estimate of drug-likeness (QED) is 0.477. The summed E-state index contributed by atoms with van der Waals surface area (Å²) >= 11 is 6.05. The van der Waals surface area contributed by atoms with Crippen molar-refractivity contribution < 1.29 is 14.4 Å². The Balaban J connectivity index is 1.53. The van der Waals surface area contributed by atoms with Crippen LogP contribution in [0, 0.1) is 0 Å². The van der Waals surface area contributed by atoms with Crippen molar-refractivity contribution in [2.24, 2.45) is 0 Å². The number of nitrogens with zero attached hydrogens (tertiary/aromatic N) is 1. The molecule has 1 saturated heterocycles. The zero-order valence-corrected chi connectivity index (χ0v) is 19.6. The minimum Gasteiger partial charge on any atom is -0.348 e. The van der Waals surface area contributed by atoms with Gasteiger partial charge in [-0.15, -0.1) is 0 Å². The third-order valence-corrected chi connectivity index (χ3v) is 6.21. The lowest BCUT2D eigenvalue weighted by atomic mass is 9.84. The van der Waals surface area contributed by atoms with Crippen LogP contribution in [0.15, 0.2) is 84.9 Å². The minimum atomic E-state index is -1.17. The van der Waals surface area contributed by atoms with Gasteiger partial charge >= 0.3 is 6.03 Å². The molecular weight excluding hydrogens is 450 g/mol. The number of halogens is 1. The van der Waals surface area contributed by atoms with Gasteiger partial charge in [-0.25, -0.2) is 4.79 Å². The van der Waals surface area contributed by atoms with E-state index in [9.17, 15) is 14.4 Å². The van der Waals surface area contributed by atoms with Crippen LogP contribution in [0.5, 0.6) is 0 Å². The molecule has 34 heavy (non-hydrogen) atoms. The number of carbonyl (C=O) groups is 3. The van der Waals surface area contributed by atoms with Crippen molar-refractivity contribution in [3.05, 3.63) is 107 Å². The van der Waals surface area contributed by atoms with Gasteiger partial charge in [0.05, 0.1) is 6.04 Å². The van der Waals surface area contributed by atoms with Crippen molar-refractivity contribution >= 4 is 29.4 Å². The molecule has 6 nitrogen and oxygen atoms in total. The number of imide groups is 1. The van der Waals surface area contributed by atoms with E-state index in [0.29, 0.717) is 17.9 Å². The molecule has 0 spiro atoms. The summed E-state index contributed by atoms with van der Waals surface area (Å²) in [5.41, 5.74) is 1.51. The average Bonchev–Trinajstić information content (AvgIpc) is 3.04. The van der Waals surface area contributed by atoms with E-state index in [4.69, 9.17) is 11.6 Å². The molecule has 4 amide bonds. The van der Waals surface area contributed by atoms with Gasteiger partial charge in [0.15, 0.2) is 0 Å². The maximum atomic E-state index is 13.6. The van der Waals surface area contributed by atoms with E-state index in [1.54, 1.807) is 18.2 Å². The van der Waals surface area contributed by atoms with E-state index in [1.807, 2.05) is 73.7 Å². The van der Waals surface area contributed by atoms with Gasteiger partial charge in [0.1, 0.15) is 12.1 Å². The molecule has 0 saturated carbocycles. The van der Waals surface area contributed by atoms with Gasteiger partial charge in [0.25, 0.3) is 5.91 Å². The van der Waals surface area contributed by atoms with E-state index in [0.717, 1.165) is 21.6 Å². The van der Waals surface area contributed by atoms with E-state index < -0.39 is 23.4 Å². The monoisotopic (exact) mass is 475 g/mol. The van der Waals surface area contributed by atoms with Crippen molar-refractivity contribution in [1.82, 2.24) is 15.5 Å². The number of amides is 4. The number of rotatable bonds is 8. The molecule has 1 heterocycles. The average molecular weight is 476 g/mol. The molecule has 4 rings (SSSR count). The molecule has 0 radical (unpaired) electrons. The predicted octanol–water partition coefficient (Wildman–Crippen LogP) is 4.29. The summed E-state index contributed by atoms with van der Waals surface area (Å²) in [6.45, 7) is 1.46. The predicted molar refractivity (Wildman–Crippen MR) is 131 cm³/mol. The van der Waals surface area contributed by atoms with Gasteiger partial charge in [-0.1, -0.05) is 84.4 Å². The van der Waals surface area contributed by atoms with Gasteiger partial charge in [0.2, 0.25) is 5.91 Å². The first-order chi connectivity index (χ1) is 16.4. The van der Waals surface area contributed by atoms with Crippen LogP contribution in [0.2, 0.25) is 5.02 Å². The van der Waals surface area contributed by atoms with Crippen molar-refractivity contribution in [3.63, 3.8) is 0 Å². The first-order valence-corrected chi connectivity index (χ1v) is 11.5. The molecule has 3 aromatic carbocycles. The van der Waals surface area contributed by atoms with Crippen LogP contribution in [0.25, 0.3) is 0 Å². The molecule has 0 aliphatic carbocycles. The smallest absolute Gasteiger partial charge is 0.325 e. The Hall–Kier alpha value is -3.64. The van der Waals surface area contributed by atoms with Crippen LogP contribution in [0.3, 0.4) is 0 Å². The van der Waals surface area contributed by atoms with E-state index in [1.165, 1.54) is 0 Å². The topological polar surface area (TPSA) is 78.5 Å². The highest BCUT2D eigenvalue weighted by molar-refractivity contribution is 6.30. The third kappa shape index (κ3) is 5.29. The second-order valence-electron chi connectivity index (χ2n) is 8.57. The van der Waals surface area contributed by atoms with Crippen LogP contribution < -0.4 is 10.6 Å². The Morgan fingerprint density at radius 2 is 1.53 bits per heavy atom. The number of carbonyl (C=O) groups excluding carboxylic acids is 3. The second kappa shape index (κ2) is 10.1. The zero-order valence-electron chi connectivity index (χ0n) is 18.8. The summed E-state index contributed by atoms with van der Waals surface area (Å²) in [5, 5.41) is 6.32. The number of hydrogen-bond donors (Lipinski definition) is 2. The van der Waals surface area contributed by atoms with E-state index >= 15 is 0 Å². The molecule has 1 atom stereocenters. The highest BCUT2D eigenvalue weighted by Crippen LogP contribution is 2.27. The van der Waals surface area contributed by atoms with Gasteiger partial charge in [-0.05, 0) is 35.7 Å². The van der Waals surface area contributed by atoms with Crippen LogP contribution in [-0.2, 0) is 22.4 Å². The number of urea groups is 1. The van der Waals surface area contributed by atoms with Gasteiger partial charge in [-0.2, -0.15) is 0 Å². The van der Waals surface area contributed by atoms with E-state index in [2.05, 4.69) is 10.6 Å². The maximum absolute atomic E-state index is 13.6. The highest BCUT2D eigenvalue weighted by Gasteiger charge is 2.51. The molecule has 3 aromatic rings. The van der Waals surface area contributed by atoms with Gasteiger partial charge < -0.3 is 10.6 Å². The second-order valence-corrected chi connectivity index (χ2v) is 9.01. The molecule has 2 N–H and O–H groups in total. The van der Waals surface area contributed by atoms with Crippen molar-refractivity contribution in [2.45, 2.75) is 31.3 Å². The summed E-state index contributed by atoms with van der Waals surface area (Å²) in [7, 11) is 0. The summed E-state index contributed by atoms with van der Waals surface area (Å²) in [4.78, 5) is 40.3. The fraction of sp³-hybridized carbons (Fsp3) is 0.222. The van der Waals surface area contributed by atoms with Crippen LogP contribution in [0.1, 0.15) is 29.7 Å². The fourth-order valence-corrected chi connectivity index (χ4v) is 4.50. The molecule has 0 unspecified atom stereocenters. The summed E-state index contributed by atoms with van der Waals surface area (Å²) in [6.07, 6.45) is 0.648. The molecule has 0 aromatic heterocycles. The molecule has 0 bridgehead atoms. The van der Waals surface area contributed by atoms with Gasteiger partial charge in [-0.3, -0.25) is 14.5 Å². The lowest BCUT2D eigenvalue weighted by Gasteiger charge is -2.27. The number of benzene rings is 3. The normalized spacial score (nSPS) is 15.6. The Bertz CT molecular complexity index is 1140. The van der Waals surface area contributed by atoms with Crippen LogP contribution in [-0.4, -0.2) is 34.8 Å². The minimum absolute atomic E-state index is 0.324. The molecule has 174 valence electrons. The summed E-state index contributed by atoms with van der Waals surface area (Å²) < 4.78 is 0. The maximum Gasteiger partial charge on any atom is 0.325 e. The number of nitrogens with one attached hydrogen (secondary N) is 2. The standard InChI is InChI=1S/C27H26ClN3O3/c1-19(22-13-8-14-23(28)15-22)29-24(32)18-31-25(33)27(30-26(31)34,16-20-9-4-2-5-10-20)17-21-11-6-3-7-12-21/h2-15,19H,16-18H2,1H3,(H,29,32)(H,30,34)/t19-/m1/s1. The van der Waals surface area contributed by atoms with E-state index in [-0.39, 0.29) is 12.6 Å². The number of hydrogen-bond acceptors (Lipinski definition) is 3. The van der Waals surface area contributed by atoms with Crippen molar-refractivity contribution in [2.75, 3.05) is 6.54 Å². The van der Waals surface area contributed by atoms with Crippen LogP contribution >= 0.6 is 11.6 Å². The lowest BCUT2D eigenvalue weighted by molar-refractivity contribution is -0.135. The van der Waals surface area contributed by atoms with Crippen LogP contribution in [0.4, 0.5) is 4.79 Å². The largest absolute Gasteiger partial charge is 0.348 e. The molecule has 1 aliphatic rings. The molecule has 7 heteroatoms. The van der Waals surface area contributed by atoms with Crippen molar-refractivity contribution in [3.8, 4) is 0 Å².